The van der Waals surface area contributed by atoms with E-state index in [2.05, 4.69) is 98.0 Å². The minimum Gasteiger partial charge on any atom is -0.374 e. The Morgan fingerprint density at radius 3 is 2.34 bits per heavy atom. The highest BCUT2D eigenvalue weighted by molar-refractivity contribution is 5.85. The molecule has 4 aromatic rings. The lowest BCUT2D eigenvalue weighted by atomic mass is 9.95. The van der Waals surface area contributed by atoms with E-state index in [0.717, 1.165) is 6.42 Å². The molecule has 1 unspecified atom stereocenters. The fourth-order valence-corrected chi connectivity index (χ4v) is 5.19. The Hall–Kier alpha value is -3.32. The van der Waals surface area contributed by atoms with Crippen LogP contribution in [0.2, 0.25) is 0 Å². The summed E-state index contributed by atoms with van der Waals surface area (Å²) in [4.78, 5) is 0. The molecule has 4 aromatic carbocycles. The number of rotatable bonds is 2. The highest BCUT2D eigenvalue weighted by Gasteiger charge is 2.31. The molecule has 6 rings (SSSR count). The summed E-state index contributed by atoms with van der Waals surface area (Å²) in [5, 5.41) is 3.96. The monoisotopic (exact) mass is 373 g/mol. The predicted octanol–water partition coefficient (Wildman–Crippen LogP) is 7.06. The van der Waals surface area contributed by atoms with Crippen molar-refractivity contribution < 1.29 is 0 Å². The molecule has 1 N–H and O–H groups in total. The average molecular weight is 373 g/mol. The van der Waals surface area contributed by atoms with Gasteiger partial charge in [0.25, 0.3) is 0 Å². The Balaban J connectivity index is 1.50. The van der Waals surface area contributed by atoms with Crippen LogP contribution in [0.15, 0.2) is 78.9 Å². The summed E-state index contributed by atoms with van der Waals surface area (Å²) in [6.07, 6.45) is 1.00. The van der Waals surface area contributed by atoms with E-state index in [9.17, 15) is 0 Å². The van der Waals surface area contributed by atoms with Crippen LogP contribution in [0.3, 0.4) is 0 Å². The van der Waals surface area contributed by atoms with Crippen LogP contribution in [0.25, 0.3) is 22.3 Å². The van der Waals surface area contributed by atoms with E-state index in [1.165, 1.54) is 61.3 Å². The third kappa shape index (κ3) is 2.34. The molecule has 0 aliphatic heterocycles. The minimum atomic E-state index is 0.191. The average Bonchev–Trinajstić information content (AvgIpc) is 3.28. The maximum Gasteiger partial charge on any atom is 0.0782 e. The van der Waals surface area contributed by atoms with Crippen LogP contribution in [0.4, 0.5) is 5.69 Å². The maximum atomic E-state index is 3.96. The number of hydrogen-bond acceptors (Lipinski definition) is 1. The lowest BCUT2D eigenvalue weighted by molar-refractivity contribution is 0.952. The molecule has 140 valence electrons. The first-order chi connectivity index (χ1) is 14.2. The van der Waals surface area contributed by atoms with Crippen LogP contribution < -0.4 is 5.32 Å². The van der Waals surface area contributed by atoms with Crippen molar-refractivity contribution in [2.45, 2.75) is 26.3 Å². The Morgan fingerprint density at radius 2 is 1.45 bits per heavy atom. The third-order valence-corrected chi connectivity index (χ3v) is 6.79. The second-order valence-electron chi connectivity index (χ2n) is 8.30. The first-order valence-corrected chi connectivity index (χ1v) is 10.4. The quantitative estimate of drug-likeness (QED) is 0.349. The molecule has 1 heteroatoms. The van der Waals surface area contributed by atoms with Gasteiger partial charge in [0, 0.05) is 12.1 Å². The van der Waals surface area contributed by atoms with E-state index >= 15 is 0 Å². The summed E-state index contributed by atoms with van der Waals surface area (Å²) in [6.45, 7) is 4.48. The molecule has 0 saturated carbocycles. The van der Waals surface area contributed by atoms with Crippen molar-refractivity contribution >= 4 is 5.69 Å². The van der Waals surface area contributed by atoms with Gasteiger partial charge >= 0.3 is 0 Å². The van der Waals surface area contributed by atoms with Gasteiger partial charge in [-0.25, -0.2) is 0 Å². The van der Waals surface area contributed by atoms with Crippen LogP contribution in [0.5, 0.6) is 0 Å². The minimum absolute atomic E-state index is 0.191. The number of nitrogens with one attached hydrogen (secondary N) is 1. The molecular formula is C28H23N. The Morgan fingerprint density at radius 1 is 0.690 bits per heavy atom. The molecule has 0 fully saturated rings. The molecule has 29 heavy (non-hydrogen) atoms. The van der Waals surface area contributed by atoms with Crippen LogP contribution in [0.1, 0.15) is 39.4 Å². The summed E-state index contributed by atoms with van der Waals surface area (Å²) in [5.74, 6) is 0. The number of aryl methyl sites for hydroxylation is 1. The second-order valence-corrected chi connectivity index (χ2v) is 8.30. The van der Waals surface area contributed by atoms with Crippen LogP contribution in [-0.4, -0.2) is 0 Å². The van der Waals surface area contributed by atoms with Crippen molar-refractivity contribution in [2.24, 2.45) is 0 Å². The van der Waals surface area contributed by atoms with Crippen molar-refractivity contribution in [3.8, 4) is 22.3 Å². The van der Waals surface area contributed by atoms with Gasteiger partial charge in [0.05, 0.1) is 6.04 Å². The molecule has 2 aliphatic carbocycles. The first-order valence-electron chi connectivity index (χ1n) is 10.4. The Labute approximate surface area is 172 Å². The molecule has 0 saturated heterocycles. The zero-order valence-electron chi connectivity index (χ0n) is 16.8. The van der Waals surface area contributed by atoms with Crippen molar-refractivity contribution in [3.63, 3.8) is 0 Å². The van der Waals surface area contributed by atoms with Crippen molar-refractivity contribution in [1.29, 1.82) is 0 Å². The van der Waals surface area contributed by atoms with Crippen LogP contribution >= 0.6 is 0 Å². The summed E-state index contributed by atoms with van der Waals surface area (Å²) < 4.78 is 0. The molecule has 0 heterocycles. The van der Waals surface area contributed by atoms with E-state index in [1.807, 2.05) is 0 Å². The van der Waals surface area contributed by atoms with Gasteiger partial charge in [0.2, 0.25) is 0 Å². The molecule has 0 radical (unpaired) electrons. The lowest BCUT2D eigenvalue weighted by Gasteiger charge is -2.22. The van der Waals surface area contributed by atoms with Gasteiger partial charge in [-0.2, -0.15) is 0 Å². The molecule has 0 aromatic heterocycles. The molecule has 0 spiro atoms. The maximum absolute atomic E-state index is 3.96. The van der Waals surface area contributed by atoms with Crippen molar-refractivity contribution in [1.82, 2.24) is 0 Å². The normalized spacial score (nSPS) is 15.4. The van der Waals surface area contributed by atoms with E-state index in [-0.39, 0.29) is 6.04 Å². The summed E-state index contributed by atoms with van der Waals surface area (Å²) >= 11 is 0. The SMILES string of the molecule is Cc1ccc2c(c1C)C(Nc1cccc3c1Cc1ccccc1-3)c1ccccc1-2. The van der Waals surface area contributed by atoms with Gasteiger partial charge < -0.3 is 5.32 Å². The highest BCUT2D eigenvalue weighted by Crippen LogP contribution is 2.48. The molecule has 0 amide bonds. The second kappa shape index (κ2) is 6.09. The van der Waals surface area contributed by atoms with E-state index in [1.54, 1.807) is 0 Å². The number of anilines is 1. The largest absolute Gasteiger partial charge is 0.374 e. The number of fused-ring (bicyclic) bond motifs is 6. The lowest BCUT2D eigenvalue weighted by Crippen LogP contribution is -2.12. The zero-order chi connectivity index (χ0) is 19.5. The van der Waals surface area contributed by atoms with Crippen molar-refractivity contribution in [3.05, 3.63) is 112 Å². The van der Waals surface area contributed by atoms with Gasteiger partial charge in [-0.05, 0) is 75.5 Å². The van der Waals surface area contributed by atoms with E-state index < -0.39 is 0 Å². The Bertz CT molecular complexity index is 1280. The molecule has 2 aliphatic rings. The van der Waals surface area contributed by atoms with Crippen molar-refractivity contribution in [2.75, 3.05) is 5.32 Å². The number of hydrogen-bond donors (Lipinski definition) is 1. The smallest absolute Gasteiger partial charge is 0.0782 e. The summed E-state index contributed by atoms with van der Waals surface area (Å²) in [7, 11) is 0. The molecular weight excluding hydrogens is 350 g/mol. The molecule has 1 atom stereocenters. The molecule has 0 bridgehead atoms. The van der Waals surface area contributed by atoms with Crippen LogP contribution in [-0.2, 0) is 6.42 Å². The van der Waals surface area contributed by atoms with E-state index in [0.29, 0.717) is 0 Å². The van der Waals surface area contributed by atoms with Crippen LogP contribution in [0, 0.1) is 13.8 Å². The summed E-state index contributed by atoms with van der Waals surface area (Å²) in [5.41, 5.74) is 15.2. The van der Waals surface area contributed by atoms with Gasteiger partial charge in [-0.1, -0.05) is 72.8 Å². The summed E-state index contributed by atoms with van der Waals surface area (Å²) in [6, 6.07) is 29.1. The van der Waals surface area contributed by atoms with Gasteiger partial charge in [0.15, 0.2) is 0 Å². The molecule has 1 nitrogen and oxygen atoms in total. The van der Waals surface area contributed by atoms with Gasteiger partial charge in [-0.15, -0.1) is 0 Å². The van der Waals surface area contributed by atoms with Gasteiger partial charge in [0.1, 0.15) is 0 Å². The Kier molecular flexibility index (Phi) is 3.49. The first kappa shape index (κ1) is 16.6. The fraction of sp³-hybridized carbons (Fsp3) is 0.143. The van der Waals surface area contributed by atoms with Gasteiger partial charge in [-0.3, -0.25) is 0 Å². The highest BCUT2D eigenvalue weighted by atomic mass is 14.9. The fourth-order valence-electron chi connectivity index (χ4n) is 5.19. The zero-order valence-corrected chi connectivity index (χ0v) is 16.8. The topological polar surface area (TPSA) is 12.0 Å². The third-order valence-electron chi connectivity index (χ3n) is 6.79. The number of benzene rings is 4. The van der Waals surface area contributed by atoms with E-state index in [4.69, 9.17) is 0 Å². The standard InChI is InChI=1S/C28H23N/c1-17-14-15-23-22-10-5-6-11-24(22)28(27(23)18(17)2)29-26-13-7-12-21-20-9-4-3-8-19(20)16-25(21)26/h3-15,28-29H,16H2,1-2H3. The predicted molar refractivity (Wildman–Crippen MR) is 122 cm³/mol.